The highest BCUT2D eigenvalue weighted by atomic mass is 19.3. The summed E-state index contributed by atoms with van der Waals surface area (Å²) >= 11 is 0. The minimum atomic E-state index is -2.90. The maximum atomic E-state index is 12.2. The highest BCUT2D eigenvalue weighted by Gasteiger charge is 2.13. The lowest BCUT2D eigenvalue weighted by molar-refractivity contribution is -0.0498. The van der Waals surface area contributed by atoms with Crippen molar-refractivity contribution in [3.63, 3.8) is 0 Å². The van der Waals surface area contributed by atoms with Gasteiger partial charge in [-0.25, -0.2) is 0 Å². The van der Waals surface area contributed by atoms with Gasteiger partial charge in [0.05, 0.1) is 6.10 Å². The van der Waals surface area contributed by atoms with E-state index in [4.69, 9.17) is 0 Å². The van der Waals surface area contributed by atoms with Crippen LogP contribution < -0.4 is 10.1 Å². The summed E-state index contributed by atoms with van der Waals surface area (Å²) in [6.07, 6.45) is 0.849. The van der Waals surface area contributed by atoms with Crippen LogP contribution in [0.1, 0.15) is 35.7 Å². The standard InChI is InChI=1S/C22H28F2N2O3/c1-2-14-26(15-17-6-4-3-5-7-17)16-19(27)12-13-25-21(28)18-8-10-20(11-9-18)29-22(23)24/h3-11,19,22,27H,2,12-16H2,1H3,(H,25,28). The van der Waals surface area contributed by atoms with Crippen LogP contribution >= 0.6 is 0 Å². The third-order valence-corrected chi connectivity index (χ3v) is 4.36. The van der Waals surface area contributed by atoms with Crippen molar-refractivity contribution >= 4 is 5.91 Å². The van der Waals surface area contributed by atoms with Gasteiger partial charge >= 0.3 is 6.61 Å². The molecular weight excluding hydrogens is 378 g/mol. The quantitative estimate of drug-likeness (QED) is 0.565. The van der Waals surface area contributed by atoms with E-state index in [0.717, 1.165) is 19.5 Å². The Bertz CT molecular complexity index is 727. The van der Waals surface area contributed by atoms with Crippen LogP contribution in [-0.4, -0.2) is 48.3 Å². The van der Waals surface area contributed by atoms with Crippen molar-refractivity contribution < 1.29 is 23.4 Å². The van der Waals surface area contributed by atoms with Crippen molar-refractivity contribution in [3.8, 4) is 5.75 Å². The van der Waals surface area contributed by atoms with E-state index < -0.39 is 12.7 Å². The molecule has 0 saturated heterocycles. The van der Waals surface area contributed by atoms with Crippen LogP contribution in [0.2, 0.25) is 0 Å². The number of aliphatic hydroxyl groups excluding tert-OH is 1. The molecule has 1 unspecified atom stereocenters. The number of amides is 1. The Morgan fingerprint density at radius 3 is 2.45 bits per heavy atom. The zero-order chi connectivity index (χ0) is 21.1. The van der Waals surface area contributed by atoms with E-state index in [1.54, 1.807) is 0 Å². The molecule has 0 heterocycles. The SMILES string of the molecule is CCCN(Cc1ccccc1)CC(O)CCNC(=O)c1ccc(OC(F)F)cc1. The number of carbonyl (C=O) groups excluding carboxylic acids is 1. The van der Waals surface area contributed by atoms with Crippen LogP contribution in [0, 0.1) is 0 Å². The van der Waals surface area contributed by atoms with E-state index >= 15 is 0 Å². The van der Waals surface area contributed by atoms with Gasteiger partial charge < -0.3 is 15.2 Å². The zero-order valence-electron chi connectivity index (χ0n) is 16.6. The topological polar surface area (TPSA) is 61.8 Å². The molecule has 0 aliphatic rings. The van der Waals surface area contributed by atoms with Crippen molar-refractivity contribution in [3.05, 3.63) is 65.7 Å². The molecule has 0 aliphatic heterocycles. The average molecular weight is 406 g/mol. The first-order valence-electron chi connectivity index (χ1n) is 9.75. The van der Waals surface area contributed by atoms with Crippen molar-refractivity contribution in [2.75, 3.05) is 19.6 Å². The Kier molecular flexibility index (Phi) is 9.53. The number of halogens is 2. The van der Waals surface area contributed by atoms with Gasteiger partial charge in [0.15, 0.2) is 0 Å². The molecule has 0 fully saturated rings. The van der Waals surface area contributed by atoms with E-state index in [-0.39, 0.29) is 11.7 Å². The first-order valence-corrected chi connectivity index (χ1v) is 9.75. The number of nitrogens with one attached hydrogen (secondary N) is 1. The third-order valence-electron chi connectivity index (χ3n) is 4.36. The van der Waals surface area contributed by atoms with E-state index in [1.807, 2.05) is 18.2 Å². The van der Waals surface area contributed by atoms with Crippen LogP contribution in [0.15, 0.2) is 54.6 Å². The number of alkyl halides is 2. The number of rotatable bonds is 12. The number of hydrogen-bond donors (Lipinski definition) is 2. The van der Waals surface area contributed by atoms with E-state index in [2.05, 4.69) is 34.0 Å². The van der Waals surface area contributed by atoms with Crippen LogP contribution in [-0.2, 0) is 6.54 Å². The maximum Gasteiger partial charge on any atom is 0.387 e. The molecule has 1 amide bonds. The van der Waals surface area contributed by atoms with Gasteiger partial charge in [-0.05, 0) is 49.2 Å². The number of aliphatic hydroxyl groups is 1. The maximum absolute atomic E-state index is 12.2. The van der Waals surface area contributed by atoms with Crippen LogP contribution in [0.25, 0.3) is 0 Å². The molecular formula is C22H28F2N2O3. The highest BCUT2D eigenvalue weighted by Crippen LogP contribution is 2.15. The van der Waals surface area contributed by atoms with Gasteiger partial charge in [-0.15, -0.1) is 0 Å². The van der Waals surface area contributed by atoms with Gasteiger partial charge in [-0.1, -0.05) is 37.3 Å². The smallest absolute Gasteiger partial charge is 0.387 e. The van der Waals surface area contributed by atoms with Crippen molar-refractivity contribution in [1.82, 2.24) is 10.2 Å². The largest absolute Gasteiger partial charge is 0.435 e. The minimum Gasteiger partial charge on any atom is -0.435 e. The molecule has 2 N–H and O–H groups in total. The van der Waals surface area contributed by atoms with Crippen LogP contribution in [0.3, 0.4) is 0 Å². The van der Waals surface area contributed by atoms with E-state index in [1.165, 1.54) is 29.8 Å². The summed E-state index contributed by atoms with van der Waals surface area (Å²) in [5.41, 5.74) is 1.54. The molecule has 0 bridgehead atoms. The number of ether oxygens (including phenoxy) is 1. The Balaban J connectivity index is 1.75. The number of nitrogens with zero attached hydrogens (tertiary/aromatic N) is 1. The minimum absolute atomic E-state index is 0.00130. The summed E-state index contributed by atoms with van der Waals surface area (Å²) in [7, 11) is 0. The van der Waals surface area contributed by atoms with Gasteiger partial charge in [0.25, 0.3) is 5.91 Å². The molecule has 0 aromatic heterocycles. The second-order valence-electron chi connectivity index (χ2n) is 6.82. The first-order chi connectivity index (χ1) is 14.0. The van der Waals surface area contributed by atoms with Crippen molar-refractivity contribution in [2.24, 2.45) is 0 Å². The molecule has 2 aromatic carbocycles. The predicted molar refractivity (Wildman–Crippen MR) is 108 cm³/mol. The van der Waals surface area contributed by atoms with Gasteiger partial charge in [0.2, 0.25) is 0 Å². The van der Waals surface area contributed by atoms with E-state index in [0.29, 0.717) is 25.1 Å². The zero-order valence-corrected chi connectivity index (χ0v) is 16.6. The summed E-state index contributed by atoms with van der Waals surface area (Å²) in [6, 6.07) is 15.6. The molecule has 0 aliphatic carbocycles. The third kappa shape index (κ3) is 8.58. The Morgan fingerprint density at radius 2 is 1.83 bits per heavy atom. The summed E-state index contributed by atoms with van der Waals surface area (Å²) in [5, 5.41) is 13.1. The molecule has 2 aromatic rings. The molecule has 2 rings (SSSR count). The van der Waals surface area contributed by atoms with Crippen molar-refractivity contribution in [1.29, 1.82) is 0 Å². The lowest BCUT2D eigenvalue weighted by atomic mass is 10.1. The molecule has 158 valence electrons. The number of carbonyl (C=O) groups is 1. The Hall–Kier alpha value is -2.51. The molecule has 0 radical (unpaired) electrons. The van der Waals surface area contributed by atoms with Crippen LogP contribution in [0.5, 0.6) is 5.75 Å². The number of hydrogen-bond acceptors (Lipinski definition) is 4. The second-order valence-corrected chi connectivity index (χ2v) is 6.82. The fourth-order valence-corrected chi connectivity index (χ4v) is 3.02. The lowest BCUT2D eigenvalue weighted by Crippen LogP contribution is -2.35. The Labute approximate surface area is 170 Å². The summed E-state index contributed by atoms with van der Waals surface area (Å²) < 4.78 is 28.6. The average Bonchev–Trinajstić information content (AvgIpc) is 2.69. The van der Waals surface area contributed by atoms with Gasteiger partial charge in [-0.2, -0.15) is 8.78 Å². The fourth-order valence-electron chi connectivity index (χ4n) is 3.02. The van der Waals surface area contributed by atoms with Gasteiger partial charge in [-0.3, -0.25) is 9.69 Å². The molecule has 0 spiro atoms. The summed E-state index contributed by atoms with van der Waals surface area (Å²) in [5.74, 6) is -0.322. The monoisotopic (exact) mass is 406 g/mol. The lowest BCUT2D eigenvalue weighted by Gasteiger charge is -2.24. The van der Waals surface area contributed by atoms with E-state index in [9.17, 15) is 18.7 Å². The molecule has 29 heavy (non-hydrogen) atoms. The van der Waals surface area contributed by atoms with Gasteiger partial charge in [0, 0.05) is 25.2 Å². The summed E-state index contributed by atoms with van der Waals surface area (Å²) in [4.78, 5) is 14.3. The van der Waals surface area contributed by atoms with Crippen molar-refractivity contribution in [2.45, 2.75) is 39.0 Å². The molecule has 7 heteroatoms. The first kappa shape index (κ1) is 22.8. The predicted octanol–water partition coefficient (Wildman–Crippen LogP) is 3.68. The van der Waals surface area contributed by atoms with Gasteiger partial charge in [0.1, 0.15) is 5.75 Å². The normalized spacial score (nSPS) is 12.2. The highest BCUT2D eigenvalue weighted by molar-refractivity contribution is 5.94. The molecule has 0 saturated carbocycles. The molecule has 5 nitrogen and oxygen atoms in total. The number of benzene rings is 2. The second kappa shape index (κ2) is 12.1. The summed E-state index contributed by atoms with van der Waals surface area (Å²) in [6.45, 7) is 1.70. The fraction of sp³-hybridized carbons (Fsp3) is 0.409. The van der Waals surface area contributed by atoms with Crippen LogP contribution in [0.4, 0.5) is 8.78 Å². The molecule has 1 atom stereocenters. The Morgan fingerprint density at radius 1 is 1.14 bits per heavy atom.